The molecule has 1 aliphatic heterocycles. The number of carbonyl (C=O) groups excluding carboxylic acids is 1. The predicted molar refractivity (Wildman–Crippen MR) is 44.6 cm³/mol. The van der Waals surface area contributed by atoms with Crippen molar-refractivity contribution in [3.8, 4) is 0 Å². The van der Waals surface area contributed by atoms with Crippen LogP contribution < -0.4 is 0 Å². The van der Waals surface area contributed by atoms with Crippen LogP contribution in [0, 0.1) is 0 Å². The lowest BCUT2D eigenvalue weighted by molar-refractivity contribution is -0.119. The summed E-state index contributed by atoms with van der Waals surface area (Å²) < 4.78 is 12.5. The fourth-order valence-corrected chi connectivity index (χ4v) is 1.41. The van der Waals surface area contributed by atoms with E-state index in [1.54, 1.807) is 11.8 Å². The van der Waals surface area contributed by atoms with Crippen LogP contribution in [0.25, 0.3) is 0 Å². The van der Waals surface area contributed by atoms with Crippen molar-refractivity contribution in [3.05, 3.63) is 0 Å². The Morgan fingerprint density at radius 2 is 2.00 bits per heavy atom. The molecule has 1 saturated heterocycles. The zero-order chi connectivity index (χ0) is 8.97. The molecule has 1 fully saturated rings. The number of hydrogen-bond acceptors (Lipinski definition) is 2. The standard InChI is InChI=1S/C8H15FN2O/c1-8(9)6-10-2-4-11(7-12)5-3-10/h7-8H,2-6H2,1H3. The molecule has 0 N–H and O–H groups in total. The molecule has 1 heterocycles. The van der Waals surface area contributed by atoms with Gasteiger partial charge in [-0.2, -0.15) is 0 Å². The second-order valence-corrected chi connectivity index (χ2v) is 3.22. The van der Waals surface area contributed by atoms with Gasteiger partial charge in [-0.1, -0.05) is 0 Å². The highest BCUT2D eigenvalue weighted by molar-refractivity contribution is 5.47. The summed E-state index contributed by atoms with van der Waals surface area (Å²) in [6.45, 7) is 5.12. The molecule has 1 aliphatic rings. The average molecular weight is 174 g/mol. The number of piperazine rings is 1. The minimum atomic E-state index is -0.771. The highest BCUT2D eigenvalue weighted by atomic mass is 19.1. The molecule has 0 aromatic heterocycles. The molecule has 1 unspecified atom stereocenters. The van der Waals surface area contributed by atoms with E-state index in [0.29, 0.717) is 6.54 Å². The van der Waals surface area contributed by atoms with Crippen molar-refractivity contribution >= 4 is 6.41 Å². The third-order valence-electron chi connectivity index (χ3n) is 2.07. The van der Waals surface area contributed by atoms with Crippen molar-refractivity contribution in [2.24, 2.45) is 0 Å². The van der Waals surface area contributed by atoms with Crippen LogP contribution >= 0.6 is 0 Å². The Bertz CT molecular complexity index is 144. The second-order valence-electron chi connectivity index (χ2n) is 3.22. The summed E-state index contributed by atoms with van der Waals surface area (Å²) in [6.07, 6.45) is 0.0868. The molecule has 70 valence electrons. The van der Waals surface area contributed by atoms with E-state index in [1.807, 2.05) is 4.90 Å². The Labute approximate surface area is 72.1 Å². The molecule has 3 nitrogen and oxygen atoms in total. The van der Waals surface area contributed by atoms with Gasteiger partial charge in [0.15, 0.2) is 0 Å². The van der Waals surface area contributed by atoms with E-state index < -0.39 is 6.17 Å². The van der Waals surface area contributed by atoms with E-state index in [1.165, 1.54) is 0 Å². The van der Waals surface area contributed by atoms with Crippen LogP contribution in [0.3, 0.4) is 0 Å². The van der Waals surface area contributed by atoms with Crippen LogP contribution in [0.5, 0.6) is 0 Å². The van der Waals surface area contributed by atoms with Gasteiger partial charge in [-0.3, -0.25) is 9.69 Å². The van der Waals surface area contributed by atoms with Gasteiger partial charge in [0.2, 0.25) is 6.41 Å². The molecule has 1 amide bonds. The van der Waals surface area contributed by atoms with Gasteiger partial charge in [0.25, 0.3) is 0 Å². The van der Waals surface area contributed by atoms with Crippen LogP contribution in [0.1, 0.15) is 6.92 Å². The maximum atomic E-state index is 12.5. The van der Waals surface area contributed by atoms with Crippen LogP contribution in [-0.4, -0.2) is 55.1 Å². The number of carbonyl (C=O) groups is 1. The highest BCUT2D eigenvalue weighted by Crippen LogP contribution is 2.01. The lowest BCUT2D eigenvalue weighted by Crippen LogP contribution is -2.47. The quantitative estimate of drug-likeness (QED) is 0.567. The average Bonchev–Trinajstić information content (AvgIpc) is 2.05. The van der Waals surface area contributed by atoms with Crippen LogP contribution in [0.15, 0.2) is 0 Å². The molecular weight excluding hydrogens is 159 g/mol. The molecule has 0 saturated carbocycles. The first-order valence-corrected chi connectivity index (χ1v) is 4.28. The summed E-state index contributed by atoms with van der Waals surface area (Å²) in [4.78, 5) is 14.1. The lowest BCUT2D eigenvalue weighted by Gasteiger charge is -2.32. The van der Waals surface area contributed by atoms with E-state index >= 15 is 0 Å². The fourth-order valence-electron chi connectivity index (χ4n) is 1.41. The van der Waals surface area contributed by atoms with Crippen molar-refractivity contribution in [2.75, 3.05) is 32.7 Å². The first-order chi connectivity index (χ1) is 5.72. The predicted octanol–water partition coefficient (Wildman–Crippen LogP) is 0.118. The van der Waals surface area contributed by atoms with Crippen molar-refractivity contribution in [1.82, 2.24) is 9.80 Å². The van der Waals surface area contributed by atoms with E-state index in [0.717, 1.165) is 32.6 Å². The minimum Gasteiger partial charge on any atom is -0.343 e. The number of rotatable bonds is 3. The number of nitrogens with zero attached hydrogens (tertiary/aromatic N) is 2. The van der Waals surface area contributed by atoms with E-state index in [2.05, 4.69) is 0 Å². The van der Waals surface area contributed by atoms with Crippen molar-refractivity contribution < 1.29 is 9.18 Å². The summed E-state index contributed by atoms with van der Waals surface area (Å²) in [5, 5.41) is 0. The second kappa shape index (κ2) is 4.40. The summed E-state index contributed by atoms with van der Waals surface area (Å²) >= 11 is 0. The molecule has 0 bridgehead atoms. The van der Waals surface area contributed by atoms with Crippen LogP contribution in [0.4, 0.5) is 4.39 Å². The molecule has 4 heteroatoms. The minimum absolute atomic E-state index is 0.493. The van der Waals surface area contributed by atoms with Gasteiger partial charge in [-0.25, -0.2) is 4.39 Å². The molecule has 1 rings (SSSR count). The van der Waals surface area contributed by atoms with E-state index in [4.69, 9.17) is 0 Å². The molecule has 12 heavy (non-hydrogen) atoms. The summed E-state index contributed by atoms with van der Waals surface area (Å²) in [7, 11) is 0. The smallest absolute Gasteiger partial charge is 0.209 e. The third-order valence-corrected chi connectivity index (χ3v) is 2.07. The van der Waals surface area contributed by atoms with Crippen molar-refractivity contribution in [3.63, 3.8) is 0 Å². The van der Waals surface area contributed by atoms with Gasteiger partial charge in [0.05, 0.1) is 0 Å². The Hall–Kier alpha value is -0.640. The van der Waals surface area contributed by atoms with Gasteiger partial charge in [-0.15, -0.1) is 0 Å². The number of halogens is 1. The highest BCUT2D eigenvalue weighted by Gasteiger charge is 2.16. The molecule has 0 aromatic rings. The summed E-state index contributed by atoms with van der Waals surface area (Å²) in [5.74, 6) is 0. The maximum absolute atomic E-state index is 12.5. The monoisotopic (exact) mass is 174 g/mol. The lowest BCUT2D eigenvalue weighted by atomic mass is 10.3. The van der Waals surface area contributed by atoms with Gasteiger partial charge in [-0.05, 0) is 6.92 Å². The normalized spacial score (nSPS) is 22.3. The van der Waals surface area contributed by atoms with Crippen LogP contribution in [-0.2, 0) is 4.79 Å². The maximum Gasteiger partial charge on any atom is 0.209 e. The Morgan fingerprint density at radius 3 is 2.42 bits per heavy atom. The zero-order valence-electron chi connectivity index (χ0n) is 7.37. The first-order valence-electron chi connectivity index (χ1n) is 4.28. The zero-order valence-corrected chi connectivity index (χ0v) is 7.37. The summed E-state index contributed by atoms with van der Waals surface area (Å²) in [5.41, 5.74) is 0. The molecule has 0 radical (unpaired) electrons. The molecule has 0 aliphatic carbocycles. The van der Waals surface area contributed by atoms with E-state index in [9.17, 15) is 9.18 Å². The Kier molecular flexibility index (Phi) is 3.47. The fraction of sp³-hybridized carbons (Fsp3) is 0.875. The van der Waals surface area contributed by atoms with Gasteiger partial charge in [0.1, 0.15) is 6.17 Å². The van der Waals surface area contributed by atoms with Gasteiger partial charge < -0.3 is 4.90 Å². The topological polar surface area (TPSA) is 23.6 Å². The van der Waals surface area contributed by atoms with Crippen LogP contribution in [0.2, 0.25) is 0 Å². The Balaban J connectivity index is 2.21. The molecule has 0 spiro atoms. The summed E-state index contributed by atoms with van der Waals surface area (Å²) in [6, 6.07) is 0. The largest absolute Gasteiger partial charge is 0.343 e. The molecular formula is C8H15FN2O. The SMILES string of the molecule is CC(F)CN1CCN(C=O)CC1. The van der Waals surface area contributed by atoms with Gasteiger partial charge in [0, 0.05) is 32.7 Å². The molecule has 1 atom stereocenters. The first kappa shape index (κ1) is 9.45. The van der Waals surface area contributed by atoms with Crippen molar-refractivity contribution in [1.29, 1.82) is 0 Å². The number of alkyl halides is 1. The van der Waals surface area contributed by atoms with E-state index in [-0.39, 0.29) is 0 Å². The number of amides is 1. The Morgan fingerprint density at radius 1 is 1.42 bits per heavy atom. The van der Waals surface area contributed by atoms with Gasteiger partial charge >= 0.3 is 0 Å². The molecule has 0 aromatic carbocycles. The number of hydrogen-bond donors (Lipinski definition) is 0. The third kappa shape index (κ3) is 2.77. The van der Waals surface area contributed by atoms with Crippen molar-refractivity contribution in [2.45, 2.75) is 13.1 Å².